The average molecular weight is 297 g/mol. The number of halogens is 1. The van der Waals surface area contributed by atoms with Crippen LogP contribution >= 0.6 is 15.9 Å². The molecule has 1 aromatic heterocycles. The van der Waals surface area contributed by atoms with Gasteiger partial charge < -0.3 is 9.63 Å². The first kappa shape index (κ1) is 12.3. The predicted molar refractivity (Wildman–Crippen MR) is 67.6 cm³/mol. The Balaban J connectivity index is 2.27. The summed E-state index contributed by atoms with van der Waals surface area (Å²) in [6, 6.07) is 5.88. The van der Waals surface area contributed by atoms with Crippen LogP contribution in [0.25, 0.3) is 11.4 Å². The van der Waals surface area contributed by atoms with Crippen molar-refractivity contribution >= 4 is 15.9 Å². The molecule has 2 rings (SSSR count). The molecule has 2 aromatic rings. The number of benzene rings is 1. The normalized spacial score (nSPS) is 12.7. The molecule has 0 fully saturated rings. The molecule has 0 amide bonds. The molecule has 1 atom stereocenters. The number of hydrogen-bond acceptors (Lipinski definition) is 4. The van der Waals surface area contributed by atoms with E-state index < -0.39 is 6.10 Å². The largest absolute Gasteiger partial charge is 0.393 e. The second-order valence-corrected chi connectivity index (χ2v) is 4.88. The summed E-state index contributed by atoms with van der Waals surface area (Å²) in [7, 11) is 0. The predicted octanol–water partition coefficient (Wildman–Crippen LogP) is 2.73. The highest BCUT2D eigenvalue weighted by Gasteiger charge is 2.11. The van der Waals surface area contributed by atoms with Gasteiger partial charge in [-0.3, -0.25) is 0 Å². The van der Waals surface area contributed by atoms with Crippen LogP contribution in [0.4, 0.5) is 0 Å². The second-order valence-electron chi connectivity index (χ2n) is 4.03. The zero-order valence-electron chi connectivity index (χ0n) is 9.64. The van der Waals surface area contributed by atoms with Crippen LogP contribution in [0.2, 0.25) is 0 Å². The molecule has 17 heavy (non-hydrogen) atoms. The number of aliphatic hydroxyl groups is 1. The third-order valence-electron chi connectivity index (χ3n) is 2.37. The number of hydrogen-bond donors (Lipinski definition) is 1. The molecule has 0 aliphatic carbocycles. The number of nitrogens with zero attached hydrogens (tertiary/aromatic N) is 2. The molecule has 0 radical (unpaired) electrons. The van der Waals surface area contributed by atoms with E-state index in [1.54, 1.807) is 6.92 Å². The van der Waals surface area contributed by atoms with Crippen molar-refractivity contribution in [3.8, 4) is 11.4 Å². The topological polar surface area (TPSA) is 59.2 Å². The minimum absolute atomic E-state index is 0.375. The van der Waals surface area contributed by atoms with E-state index in [-0.39, 0.29) is 0 Å². The van der Waals surface area contributed by atoms with Gasteiger partial charge in [0.2, 0.25) is 11.7 Å². The van der Waals surface area contributed by atoms with Crippen LogP contribution in [0, 0.1) is 6.92 Å². The maximum atomic E-state index is 9.23. The highest BCUT2D eigenvalue weighted by molar-refractivity contribution is 9.10. The van der Waals surface area contributed by atoms with Gasteiger partial charge in [-0.05, 0) is 25.5 Å². The van der Waals surface area contributed by atoms with Crippen LogP contribution in [0.5, 0.6) is 0 Å². The van der Waals surface area contributed by atoms with Crippen LogP contribution in [0.3, 0.4) is 0 Å². The Morgan fingerprint density at radius 2 is 2.24 bits per heavy atom. The quantitative estimate of drug-likeness (QED) is 0.946. The fraction of sp³-hybridized carbons (Fsp3) is 0.333. The molecule has 1 unspecified atom stereocenters. The molecule has 0 aliphatic rings. The fourth-order valence-corrected chi connectivity index (χ4v) is 1.82. The lowest BCUT2D eigenvalue weighted by Gasteiger charge is -1.99. The first-order valence-corrected chi connectivity index (χ1v) is 6.12. The van der Waals surface area contributed by atoms with E-state index in [1.165, 1.54) is 0 Å². The molecular weight excluding hydrogens is 284 g/mol. The Hall–Kier alpha value is -1.20. The van der Waals surface area contributed by atoms with Gasteiger partial charge in [-0.2, -0.15) is 4.98 Å². The lowest BCUT2D eigenvalue weighted by atomic mass is 10.1. The van der Waals surface area contributed by atoms with Crippen molar-refractivity contribution in [1.82, 2.24) is 10.1 Å². The van der Waals surface area contributed by atoms with Crippen LogP contribution < -0.4 is 0 Å². The molecule has 0 spiro atoms. The first-order chi connectivity index (χ1) is 8.06. The van der Waals surface area contributed by atoms with Gasteiger partial charge in [0.25, 0.3) is 0 Å². The minimum Gasteiger partial charge on any atom is -0.393 e. The van der Waals surface area contributed by atoms with E-state index in [1.807, 2.05) is 25.1 Å². The average Bonchev–Trinajstić information content (AvgIpc) is 2.69. The number of aromatic nitrogens is 2. The SMILES string of the molecule is Cc1ccc(-c2noc(CC(C)O)n2)cc1Br. The Morgan fingerprint density at radius 1 is 1.47 bits per heavy atom. The first-order valence-electron chi connectivity index (χ1n) is 5.33. The molecule has 1 N–H and O–H groups in total. The Morgan fingerprint density at radius 3 is 2.88 bits per heavy atom. The van der Waals surface area contributed by atoms with Crippen molar-refractivity contribution in [3.63, 3.8) is 0 Å². The molecule has 90 valence electrons. The summed E-state index contributed by atoms with van der Waals surface area (Å²) in [6.45, 7) is 3.70. The van der Waals surface area contributed by atoms with Gasteiger partial charge in [-0.15, -0.1) is 0 Å². The summed E-state index contributed by atoms with van der Waals surface area (Å²) in [5.74, 6) is 0.994. The summed E-state index contributed by atoms with van der Waals surface area (Å²) in [5, 5.41) is 13.1. The second kappa shape index (κ2) is 4.98. The summed E-state index contributed by atoms with van der Waals surface area (Å²) < 4.78 is 6.07. The summed E-state index contributed by atoms with van der Waals surface area (Å²) >= 11 is 3.46. The van der Waals surface area contributed by atoms with Crippen LogP contribution in [-0.4, -0.2) is 21.4 Å². The lowest BCUT2D eigenvalue weighted by molar-refractivity contribution is 0.181. The molecule has 1 aromatic carbocycles. The van der Waals surface area contributed by atoms with Crippen molar-refractivity contribution in [1.29, 1.82) is 0 Å². The lowest BCUT2D eigenvalue weighted by Crippen LogP contribution is -2.04. The van der Waals surface area contributed by atoms with Gasteiger partial charge in [0.15, 0.2) is 0 Å². The highest BCUT2D eigenvalue weighted by Crippen LogP contribution is 2.23. The molecule has 0 saturated carbocycles. The van der Waals surface area contributed by atoms with Gasteiger partial charge in [-0.25, -0.2) is 0 Å². The Labute approximate surface area is 108 Å². The molecule has 0 bridgehead atoms. The maximum absolute atomic E-state index is 9.23. The van der Waals surface area contributed by atoms with Crippen LogP contribution in [-0.2, 0) is 6.42 Å². The molecule has 4 nitrogen and oxygen atoms in total. The van der Waals surface area contributed by atoms with Gasteiger partial charge in [-0.1, -0.05) is 33.2 Å². The molecule has 1 heterocycles. The molecule has 0 saturated heterocycles. The third kappa shape index (κ3) is 2.92. The summed E-state index contributed by atoms with van der Waals surface area (Å²) in [5.41, 5.74) is 2.05. The third-order valence-corrected chi connectivity index (χ3v) is 3.22. The zero-order chi connectivity index (χ0) is 12.4. The van der Waals surface area contributed by atoms with Crippen LogP contribution in [0.15, 0.2) is 27.2 Å². The van der Waals surface area contributed by atoms with E-state index in [0.29, 0.717) is 18.1 Å². The molecular formula is C12H13BrN2O2. The van der Waals surface area contributed by atoms with Gasteiger partial charge in [0.1, 0.15) is 0 Å². The maximum Gasteiger partial charge on any atom is 0.229 e. The summed E-state index contributed by atoms with van der Waals surface area (Å²) in [6.07, 6.45) is -0.104. The number of rotatable bonds is 3. The number of aryl methyl sites for hydroxylation is 1. The zero-order valence-corrected chi connectivity index (χ0v) is 11.2. The number of aliphatic hydroxyl groups excluding tert-OH is 1. The van der Waals surface area contributed by atoms with E-state index in [2.05, 4.69) is 26.1 Å². The van der Waals surface area contributed by atoms with E-state index in [9.17, 15) is 5.11 Å². The highest BCUT2D eigenvalue weighted by atomic mass is 79.9. The van der Waals surface area contributed by atoms with Crippen molar-refractivity contribution in [2.24, 2.45) is 0 Å². The fourth-order valence-electron chi connectivity index (χ4n) is 1.44. The van der Waals surface area contributed by atoms with E-state index in [0.717, 1.165) is 15.6 Å². The Bertz CT molecular complexity index is 523. The van der Waals surface area contributed by atoms with Crippen molar-refractivity contribution < 1.29 is 9.63 Å². The monoisotopic (exact) mass is 296 g/mol. The Kier molecular flexibility index (Phi) is 3.59. The van der Waals surface area contributed by atoms with Crippen LogP contribution in [0.1, 0.15) is 18.4 Å². The molecule has 0 aliphatic heterocycles. The standard InChI is InChI=1S/C12H13BrN2O2/c1-7-3-4-9(6-10(7)13)12-14-11(17-15-12)5-8(2)16/h3-4,6,8,16H,5H2,1-2H3. The molecule has 5 heteroatoms. The van der Waals surface area contributed by atoms with Gasteiger partial charge >= 0.3 is 0 Å². The van der Waals surface area contributed by atoms with Crippen molar-refractivity contribution in [2.45, 2.75) is 26.4 Å². The van der Waals surface area contributed by atoms with Crippen molar-refractivity contribution in [2.75, 3.05) is 0 Å². The van der Waals surface area contributed by atoms with Crippen molar-refractivity contribution in [3.05, 3.63) is 34.1 Å². The van der Waals surface area contributed by atoms with Gasteiger partial charge in [0, 0.05) is 10.0 Å². The minimum atomic E-state index is -0.479. The van der Waals surface area contributed by atoms with Gasteiger partial charge in [0.05, 0.1) is 12.5 Å². The summed E-state index contributed by atoms with van der Waals surface area (Å²) in [4.78, 5) is 4.23. The van der Waals surface area contributed by atoms with E-state index in [4.69, 9.17) is 4.52 Å². The smallest absolute Gasteiger partial charge is 0.229 e. The van der Waals surface area contributed by atoms with E-state index >= 15 is 0 Å².